The third-order valence-electron chi connectivity index (χ3n) is 6.53. The van der Waals surface area contributed by atoms with Crippen LogP contribution in [0.3, 0.4) is 0 Å². The van der Waals surface area contributed by atoms with Gasteiger partial charge in [0, 0.05) is 12.1 Å². The molecule has 1 N–H and O–H groups in total. The average molecular weight is 486 g/mol. The first-order chi connectivity index (χ1) is 17.3. The van der Waals surface area contributed by atoms with Crippen LogP contribution < -0.4 is 9.47 Å². The van der Waals surface area contributed by atoms with Crippen molar-refractivity contribution >= 4 is 17.4 Å². The Labute approximate surface area is 211 Å². The lowest BCUT2D eigenvalue weighted by Crippen LogP contribution is -2.30. The summed E-state index contributed by atoms with van der Waals surface area (Å²) in [4.78, 5) is 27.8. The Bertz CT molecular complexity index is 1310. The molecule has 4 rings (SSSR count). The van der Waals surface area contributed by atoms with Gasteiger partial charge in [-0.3, -0.25) is 9.59 Å². The van der Waals surface area contributed by atoms with Gasteiger partial charge in [-0.25, -0.2) is 0 Å². The molecule has 0 saturated carbocycles. The summed E-state index contributed by atoms with van der Waals surface area (Å²) in [6, 6.07) is 19.9. The molecule has 0 radical (unpaired) electrons. The van der Waals surface area contributed by atoms with E-state index in [9.17, 15) is 14.7 Å². The molecule has 0 spiro atoms. The number of ether oxygens (including phenoxy) is 2. The topological polar surface area (TPSA) is 76.1 Å². The minimum atomic E-state index is -0.739. The van der Waals surface area contributed by atoms with Crippen LogP contribution in [0.25, 0.3) is 5.76 Å². The lowest BCUT2D eigenvalue weighted by Gasteiger charge is -2.25. The molecule has 1 unspecified atom stereocenters. The van der Waals surface area contributed by atoms with Crippen molar-refractivity contribution in [3.05, 3.63) is 100 Å². The average Bonchev–Trinajstić information content (AvgIpc) is 3.14. The zero-order valence-corrected chi connectivity index (χ0v) is 21.1. The molecule has 1 aliphatic rings. The summed E-state index contributed by atoms with van der Waals surface area (Å²) in [5, 5.41) is 11.3. The van der Waals surface area contributed by atoms with Crippen LogP contribution in [-0.4, -0.2) is 35.4 Å². The Morgan fingerprint density at radius 1 is 0.944 bits per heavy atom. The lowest BCUT2D eigenvalue weighted by atomic mass is 9.94. The second kappa shape index (κ2) is 10.7. The first-order valence-electron chi connectivity index (χ1n) is 12.1. The Balaban J connectivity index is 1.80. The fourth-order valence-corrected chi connectivity index (χ4v) is 4.45. The summed E-state index contributed by atoms with van der Waals surface area (Å²) < 4.78 is 11.6. The number of aliphatic hydroxyl groups is 1. The van der Waals surface area contributed by atoms with Crippen LogP contribution in [0.4, 0.5) is 0 Å². The van der Waals surface area contributed by atoms with Crippen LogP contribution in [0.2, 0.25) is 0 Å². The van der Waals surface area contributed by atoms with E-state index in [0.717, 1.165) is 16.7 Å². The molecule has 3 aromatic carbocycles. The molecule has 6 heteroatoms. The zero-order chi connectivity index (χ0) is 25.8. The number of hydrogen-bond donors (Lipinski definition) is 1. The normalized spacial score (nSPS) is 16.9. The van der Waals surface area contributed by atoms with Crippen molar-refractivity contribution in [2.24, 2.45) is 0 Å². The van der Waals surface area contributed by atoms with Crippen LogP contribution in [0.5, 0.6) is 11.5 Å². The van der Waals surface area contributed by atoms with E-state index < -0.39 is 17.7 Å². The number of carbonyl (C=O) groups is 2. The van der Waals surface area contributed by atoms with Gasteiger partial charge in [0.25, 0.3) is 11.7 Å². The summed E-state index contributed by atoms with van der Waals surface area (Å²) in [5.74, 6) is -0.451. The van der Waals surface area contributed by atoms with Crippen molar-refractivity contribution < 1.29 is 24.2 Å². The zero-order valence-electron chi connectivity index (χ0n) is 21.1. The highest BCUT2D eigenvalue weighted by molar-refractivity contribution is 6.46. The van der Waals surface area contributed by atoms with Crippen LogP contribution in [0.1, 0.15) is 47.2 Å². The number of likely N-dealkylation sites (tertiary alicyclic amines) is 1. The summed E-state index contributed by atoms with van der Waals surface area (Å²) in [7, 11) is 1.56. The summed E-state index contributed by atoms with van der Waals surface area (Å²) >= 11 is 0. The molecule has 1 aliphatic heterocycles. The fourth-order valence-electron chi connectivity index (χ4n) is 4.45. The van der Waals surface area contributed by atoms with Crippen LogP contribution >= 0.6 is 0 Å². The Kier molecular flexibility index (Phi) is 7.44. The Morgan fingerprint density at radius 2 is 1.69 bits per heavy atom. The molecule has 3 aromatic rings. The van der Waals surface area contributed by atoms with E-state index in [1.54, 1.807) is 31.4 Å². The quantitative estimate of drug-likeness (QED) is 0.251. The van der Waals surface area contributed by atoms with E-state index in [0.29, 0.717) is 42.2 Å². The summed E-state index contributed by atoms with van der Waals surface area (Å²) in [6.07, 6.45) is 0.667. The predicted octanol–water partition coefficient (Wildman–Crippen LogP) is 5.72. The largest absolute Gasteiger partial charge is 0.507 e. The van der Waals surface area contributed by atoms with Gasteiger partial charge in [-0.2, -0.15) is 0 Å². The second-order valence-electron chi connectivity index (χ2n) is 8.98. The van der Waals surface area contributed by atoms with Crippen molar-refractivity contribution in [2.45, 2.75) is 39.8 Å². The second-order valence-corrected chi connectivity index (χ2v) is 8.98. The van der Waals surface area contributed by atoms with Gasteiger partial charge in [-0.05, 0) is 60.7 Å². The Morgan fingerprint density at radius 3 is 2.36 bits per heavy atom. The highest BCUT2D eigenvalue weighted by Crippen LogP contribution is 2.42. The van der Waals surface area contributed by atoms with Gasteiger partial charge < -0.3 is 19.5 Å². The number of aryl methyl sites for hydroxylation is 2. The molecular weight excluding hydrogens is 454 g/mol. The number of Topliss-reactive ketones (excluding diaryl/α,β-unsaturated/α-hetero) is 1. The highest BCUT2D eigenvalue weighted by Gasteiger charge is 2.45. The SMILES string of the molecule is CCCN1C(=O)C(=O)/C(=C(\O)c2ccc(C)c(C)c2)C1c1ccc(OC)c(OCc2ccccc2)c1. The van der Waals surface area contributed by atoms with Crippen LogP contribution in [0.15, 0.2) is 72.3 Å². The monoisotopic (exact) mass is 485 g/mol. The molecule has 1 amide bonds. The van der Waals surface area contributed by atoms with Crippen LogP contribution in [0, 0.1) is 13.8 Å². The maximum absolute atomic E-state index is 13.2. The van der Waals surface area contributed by atoms with Gasteiger partial charge >= 0.3 is 0 Å². The van der Waals surface area contributed by atoms with E-state index in [4.69, 9.17) is 9.47 Å². The van der Waals surface area contributed by atoms with E-state index in [1.807, 2.05) is 63.2 Å². The Hall–Kier alpha value is -4.06. The van der Waals surface area contributed by atoms with Crippen molar-refractivity contribution in [3.63, 3.8) is 0 Å². The molecule has 1 heterocycles. The molecular formula is C30H31NO5. The number of methoxy groups -OCH3 is 1. The number of ketones is 1. The third-order valence-corrected chi connectivity index (χ3v) is 6.53. The first-order valence-corrected chi connectivity index (χ1v) is 12.1. The van der Waals surface area contributed by atoms with Crippen molar-refractivity contribution in [2.75, 3.05) is 13.7 Å². The van der Waals surface area contributed by atoms with Crippen LogP contribution in [-0.2, 0) is 16.2 Å². The first kappa shape index (κ1) is 25.0. The van der Waals surface area contributed by atoms with Gasteiger partial charge in [-0.15, -0.1) is 0 Å². The van der Waals surface area contributed by atoms with Crippen molar-refractivity contribution in [1.29, 1.82) is 0 Å². The summed E-state index contributed by atoms with van der Waals surface area (Å²) in [6.45, 7) is 6.58. The number of aliphatic hydroxyl groups excluding tert-OH is 1. The standard InChI is InChI=1S/C30H31NO5/c1-5-15-31-27(26(29(33)30(31)34)28(32)23-12-11-19(2)20(3)16-23)22-13-14-24(35-4)25(17-22)36-18-21-9-7-6-8-10-21/h6-14,16-17,27,32H,5,15,18H2,1-4H3/b28-26-. The molecule has 0 bridgehead atoms. The number of amides is 1. The van der Waals surface area contributed by atoms with E-state index in [-0.39, 0.29) is 11.3 Å². The number of hydrogen-bond acceptors (Lipinski definition) is 5. The fraction of sp³-hybridized carbons (Fsp3) is 0.267. The van der Waals surface area contributed by atoms with Gasteiger partial charge in [0.15, 0.2) is 11.5 Å². The third kappa shape index (κ3) is 4.85. The van der Waals surface area contributed by atoms with Gasteiger partial charge in [0.05, 0.1) is 18.7 Å². The number of rotatable bonds is 8. The van der Waals surface area contributed by atoms with E-state index in [1.165, 1.54) is 4.90 Å². The van der Waals surface area contributed by atoms with E-state index in [2.05, 4.69) is 0 Å². The maximum Gasteiger partial charge on any atom is 0.295 e. The molecule has 0 aliphatic carbocycles. The highest BCUT2D eigenvalue weighted by atomic mass is 16.5. The van der Waals surface area contributed by atoms with Gasteiger partial charge in [0.1, 0.15) is 12.4 Å². The van der Waals surface area contributed by atoms with Gasteiger partial charge in [0.2, 0.25) is 0 Å². The van der Waals surface area contributed by atoms with Crippen molar-refractivity contribution in [3.8, 4) is 11.5 Å². The molecule has 1 saturated heterocycles. The maximum atomic E-state index is 13.2. The molecule has 36 heavy (non-hydrogen) atoms. The smallest absolute Gasteiger partial charge is 0.295 e. The minimum Gasteiger partial charge on any atom is -0.507 e. The predicted molar refractivity (Wildman–Crippen MR) is 139 cm³/mol. The molecule has 186 valence electrons. The molecule has 6 nitrogen and oxygen atoms in total. The number of carbonyl (C=O) groups excluding carboxylic acids is 2. The molecule has 0 aromatic heterocycles. The van der Waals surface area contributed by atoms with Crippen molar-refractivity contribution in [1.82, 2.24) is 4.90 Å². The molecule has 1 atom stereocenters. The van der Waals surface area contributed by atoms with Gasteiger partial charge in [-0.1, -0.05) is 55.5 Å². The lowest BCUT2D eigenvalue weighted by molar-refractivity contribution is -0.139. The number of benzene rings is 3. The number of nitrogens with zero attached hydrogens (tertiary/aromatic N) is 1. The molecule has 1 fully saturated rings. The minimum absolute atomic E-state index is 0.0795. The van der Waals surface area contributed by atoms with E-state index >= 15 is 0 Å². The summed E-state index contributed by atoms with van der Waals surface area (Å²) in [5.41, 5.74) is 4.31.